The van der Waals surface area contributed by atoms with Crippen LogP contribution in [0.5, 0.6) is 0 Å². The fourth-order valence-corrected chi connectivity index (χ4v) is 4.29. The Balaban J connectivity index is 3.04. The van der Waals surface area contributed by atoms with Gasteiger partial charge in [0.25, 0.3) is 10.2 Å². The number of aliphatic hydroxyl groups excluding tert-OH is 1. The molecule has 0 aromatic heterocycles. The lowest BCUT2D eigenvalue weighted by atomic mass is 10.1. The predicted molar refractivity (Wildman–Crippen MR) is 69.8 cm³/mol. The van der Waals surface area contributed by atoms with Crippen molar-refractivity contribution in [2.75, 3.05) is 19.7 Å². The van der Waals surface area contributed by atoms with E-state index >= 15 is 0 Å². The quantitative estimate of drug-likeness (QED) is 0.711. The van der Waals surface area contributed by atoms with Gasteiger partial charge in [-0.1, -0.05) is 0 Å². The molecule has 0 spiro atoms. The minimum Gasteiger partial charge on any atom is -0.480 e. The zero-order valence-corrected chi connectivity index (χ0v) is 12.1. The van der Waals surface area contributed by atoms with E-state index in [1.165, 1.54) is 0 Å². The van der Waals surface area contributed by atoms with Gasteiger partial charge in [-0.15, -0.1) is 0 Å². The van der Waals surface area contributed by atoms with Crippen molar-refractivity contribution in [3.63, 3.8) is 0 Å². The van der Waals surface area contributed by atoms with Crippen molar-refractivity contribution in [3.8, 4) is 0 Å². The van der Waals surface area contributed by atoms with Gasteiger partial charge in [0.05, 0.1) is 6.61 Å². The summed E-state index contributed by atoms with van der Waals surface area (Å²) >= 11 is 0. The van der Waals surface area contributed by atoms with Gasteiger partial charge in [0.2, 0.25) is 0 Å². The largest absolute Gasteiger partial charge is 0.480 e. The summed E-state index contributed by atoms with van der Waals surface area (Å²) < 4.78 is 27.2. The number of hydrogen-bond donors (Lipinski definition) is 2. The van der Waals surface area contributed by atoms with E-state index in [1.807, 2.05) is 0 Å². The summed E-state index contributed by atoms with van der Waals surface area (Å²) in [5.41, 5.74) is 0. The summed E-state index contributed by atoms with van der Waals surface area (Å²) in [5.74, 6) is -1.11. The van der Waals surface area contributed by atoms with Crippen molar-refractivity contribution < 1.29 is 23.4 Å². The van der Waals surface area contributed by atoms with Crippen LogP contribution in [0.2, 0.25) is 0 Å². The first-order chi connectivity index (χ1) is 8.82. The molecule has 1 heterocycles. The van der Waals surface area contributed by atoms with Gasteiger partial charge in [-0.2, -0.15) is 17.0 Å². The molecule has 8 heteroatoms. The van der Waals surface area contributed by atoms with E-state index in [0.717, 1.165) is 8.61 Å². The van der Waals surface area contributed by atoms with Crippen LogP contribution in [0, 0.1) is 0 Å². The number of hydrogen-bond acceptors (Lipinski definition) is 4. The second-order valence-electron chi connectivity index (χ2n) is 4.90. The molecule has 2 N–H and O–H groups in total. The summed E-state index contributed by atoms with van der Waals surface area (Å²) in [5, 5.41) is 18.1. The normalized spacial score (nSPS) is 22.1. The highest BCUT2D eigenvalue weighted by molar-refractivity contribution is 7.86. The second kappa shape index (κ2) is 6.65. The van der Waals surface area contributed by atoms with Crippen LogP contribution < -0.4 is 0 Å². The van der Waals surface area contributed by atoms with E-state index in [4.69, 9.17) is 10.2 Å². The van der Waals surface area contributed by atoms with E-state index in [2.05, 4.69) is 0 Å². The summed E-state index contributed by atoms with van der Waals surface area (Å²) in [4.78, 5) is 11.2. The molecule has 0 aromatic carbocycles. The maximum absolute atomic E-state index is 12.5. The molecule has 1 fully saturated rings. The average molecular weight is 294 g/mol. The molecule has 7 nitrogen and oxygen atoms in total. The number of aliphatic hydroxyl groups is 1. The van der Waals surface area contributed by atoms with Crippen LogP contribution in [0.25, 0.3) is 0 Å². The summed E-state index contributed by atoms with van der Waals surface area (Å²) in [7, 11) is -3.85. The second-order valence-corrected chi connectivity index (χ2v) is 6.73. The lowest BCUT2D eigenvalue weighted by Crippen LogP contribution is -2.55. The number of carboxylic acids is 1. The molecule has 0 amide bonds. The van der Waals surface area contributed by atoms with Crippen molar-refractivity contribution in [2.45, 2.75) is 45.2 Å². The fourth-order valence-electron chi connectivity index (χ4n) is 2.30. The van der Waals surface area contributed by atoms with E-state index in [-0.39, 0.29) is 25.7 Å². The Morgan fingerprint density at radius 1 is 1.42 bits per heavy atom. The maximum Gasteiger partial charge on any atom is 0.322 e. The molecule has 1 saturated heterocycles. The Morgan fingerprint density at radius 2 is 2.05 bits per heavy atom. The molecular formula is C11H22N2O5S. The highest BCUT2D eigenvalue weighted by Crippen LogP contribution is 2.23. The van der Waals surface area contributed by atoms with Crippen molar-refractivity contribution in [1.29, 1.82) is 0 Å². The van der Waals surface area contributed by atoms with Gasteiger partial charge < -0.3 is 10.2 Å². The minimum absolute atomic E-state index is 0.0250. The molecule has 0 radical (unpaired) electrons. The Bertz CT molecular complexity index is 409. The molecule has 19 heavy (non-hydrogen) atoms. The zero-order chi connectivity index (χ0) is 14.6. The molecule has 1 unspecified atom stereocenters. The van der Waals surface area contributed by atoms with Gasteiger partial charge in [0, 0.05) is 19.1 Å². The van der Waals surface area contributed by atoms with Gasteiger partial charge in [-0.25, -0.2) is 0 Å². The number of rotatable bonds is 6. The van der Waals surface area contributed by atoms with Crippen LogP contribution in [-0.4, -0.2) is 65.0 Å². The van der Waals surface area contributed by atoms with Gasteiger partial charge in [0.15, 0.2) is 0 Å². The molecule has 112 valence electrons. The van der Waals surface area contributed by atoms with Crippen LogP contribution in [0.1, 0.15) is 33.1 Å². The summed E-state index contributed by atoms with van der Waals surface area (Å²) in [6.45, 7) is 3.31. The molecule has 0 aromatic rings. The number of carboxylic acid groups (broad SMARTS) is 1. The topological polar surface area (TPSA) is 98.2 Å². The molecule has 1 aliphatic heterocycles. The summed E-state index contributed by atoms with van der Waals surface area (Å²) in [6.07, 6.45) is 1.71. The van der Waals surface area contributed by atoms with Gasteiger partial charge in [-0.3, -0.25) is 4.79 Å². The molecule has 1 atom stereocenters. The third-order valence-electron chi connectivity index (χ3n) is 3.23. The third-order valence-corrected chi connectivity index (χ3v) is 5.45. The molecular weight excluding hydrogens is 272 g/mol. The lowest BCUT2D eigenvalue weighted by Gasteiger charge is -2.37. The SMILES string of the molecule is CC(C)N(CCO)S(=O)(=O)N1CCCCC1C(=O)O. The van der Waals surface area contributed by atoms with E-state index < -0.39 is 22.2 Å². The van der Waals surface area contributed by atoms with E-state index in [9.17, 15) is 13.2 Å². The van der Waals surface area contributed by atoms with Gasteiger partial charge in [-0.05, 0) is 33.1 Å². The first-order valence-electron chi connectivity index (χ1n) is 6.44. The average Bonchev–Trinajstić information content (AvgIpc) is 2.35. The molecule has 0 aliphatic carbocycles. The highest BCUT2D eigenvalue weighted by atomic mass is 32.2. The molecule has 1 rings (SSSR count). The van der Waals surface area contributed by atoms with Crippen LogP contribution in [-0.2, 0) is 15.0 Å². The zero-order valence-electron chi connectivity index (χ0n) is 11.3. The number of carbonyl (C=O) groups is 1. The third kappa shape index (κ3) is 3.65. The fraction of sp³-hybridized carbons (Fsp3) is 0.909. The Hall–Kier alpha value is -0.700. The number of aliphatic carboxylic acids is 1. The van der Waals surface area contributed by atoms with Gasteiger partial charge >= 0.3 is 5.97 Å². The number of piperidine rings is 1. The monoisotopic (exact) mass is 294 g/mol. The summed E-state index contributed by atoms with van der Waals surface area (Å²) in [6, 6.07) is -1.33. The lowest BCUT2D eigenvalue weighted by molar-refractivity contribution is -0.142. The van der Waals surface area contributed by atoms with Crippen LogP contribution in [0.15, 0.2) is 0 Å². The molecule has 0 saturated carbocycles. The highest BCUT2D eigenvalue weighted by Gasteiger charge is 2.40. The van der Waals surface area contributed by atoms with Crippen LogP contribution in [0.4, 0.5) is 0 Å². The predicted octanol–water partition coefficient (Wildman–Crippen LogP) is -0.127. The molecule has 0 bridgehead atoms. The van der Waals surface area contributed by atoms with Crippen molar-refractivity contribution in [3.05, 3.63) is 0 Å². The Kier molecular flexibility index (Phi) is 5.72. The minimum atomic E-state index is -3.85. The van der Waals surface area contributed by atoms with Gasteiger partial charge in [0.1, 0.15) is 6.04 Å². The first-order valence-corrected chi connectivity index (χ1v) is 7.84. The van der Waals surface area contributed by atoms with Crippen LogP contribution in [0.3, 0.4) is 0 Å². The molecule has 1 aliphatic rings. The smallest absolute Gasteiger partial charge is 0.322 e. The Morgan fingerprint density at radius 3 is 2.53 bits per heavy atom. The van der Waals surface area contributed by atoms with Crippen LogP contribution >= 0.6 is 0 Å². The van der Waals surface area contributed by atoms with Crippen molar-refractivity contribution in [1.82, 2.24) is 8.61 Å². The first kappa shape index (κ1) is 16.4. The number of nitrogens with zero attached hydrogens (tertiary/aromatic N) is 2. The van der Waals surface area contributed by atoms with E-state index in [1.54, 1.807) is 13.8 Å². The maximum atomic E-state index is 12.5. The van der Waals surface area contributed by atoms with Crippen molar-refractivity contribution in [2.24, 2.45) is 0 Å². The standard InChI is InChI=1S/C11H22N2O5S/c1-9(2)12(7-8-14)19(17,18)13-6-4-3-5-10(13)11(15)16/h9-10,14H,3-8H2,1-2H3,(H,15,16). The van der Waals surface area contributed by atoms with E-state index in [0.29, 0.717) is 19.3 Å². The Labute approximate surface area is 114 Å². The van der Waals surface area contributed by atoms with Crippen molar-refractivity contribution >= 4 is 16.2 Å².